The van der Waals surface area contributed by atoms with Crippen LogP contribution in [0.25, 0.3) is 0 Å². The number of hydrogen-bond donors (Lipinski definition) is 2. The number of anilines is 1. The van der Waals surface area contributed by atoms with Crippen LogP contribution in [0.1, 0.15) is 27.7 Å². The van der Waals surface area contributed by atoms with Crippen molar-refractivity contribution in [3.63, 3.8) is 0 Å². The van der Waals surface area contributed by atoms with E-state index in [9.17, 15) is 9.18 Å². The van der Waals surface area contributed by atoms with Crippen LogP contribution in [-0.4, -0.2) is 48.6 Å². The summed E-state index contributed by atoms with van der Waals surface area (Å²) in [5.41, 5.74) is 4.82. The molecular formula is C18H26BFN4O4. The third kappa shape index (κ3) is 3.80. The molecule has 4 N–H and O–H groups in total. The molecule has 2 fully saturated rings. The summed E-state index contributed by atoms with van der Waals surface area (Å²) in [5, 5.41) is 1.32. The maximum Gasteiger partial charge on any atom is 0.497 e. The standard InChI is InChI=1S/C18H26BFN4O4/c1-17(2)18(3,4)28-19(27-17)14-6-5-12(9-15(14)20)24-11-13(26-16(24)25)10-23(22)8-7-21/h5-9,13H,10-11,21-22H2,1-4H3/b8-7-. The van der Waals surface area contributed by atoms with Gasteiger partial charge in [-0.3, -0.25) is 4.90 Å². The van der Waals surface area contributed by atoms with E-state index in [1.54, 1.807) is 12.1 Å². The molecule has 8 nitrogen and oxygen atoms in total. The number of carbonyl (C=O) groups excluding carboxylic acids is 1. The molecule has 0 spiro atoms. The van der Waals surface area contributed by atoms with E-state index >= 15 is 0 Å². The van der Waals surface area contributed by atoms with Crippen LogP contribution in [0, 0.1) is 5.82 Å². The Balaban J connectivity index is 1.74. The summed E-state index contributed by atoms with van der Waals surface area (Å²) >= 11 is 0. The summed E-state index contributed by atoms with van der Waals surface area (Å²) in [6.07, 6.45) is 1.74. The molecule has 1 amide bonds. The Morgan fingerprint density at radius 2 is 1.96 bits per heavy atom. The Hall–Kier alpha value is -2.30. The van der Waals surface area contributed by atoms with Crippen LogP contribution in [0.3, 0.4) is 0 Å². The molecule has 2 saturated heterocycles. The summed E-state index contributed by atoms with van der Waals surface area (Å²) in [7, 11) is -0.814. The maximum atomic E-state index is 14.8. The first kappa shape index (κ1) is 20.4. The highest BCUT2D eigenvalue weighted by Gasteiger charge is 2.52. The second-order valence-corrected chi connectivity index (χ2v) is 7.95. The van der Waals surface area contributed by atoms with Crippen molar-refractivity contribution in [2.45, 2.75) is 45.0 Å². The van der Waals surface area contributed by atoms with Gasteiger partial charge < -0.3 is 24.8 Å². The van der Waals surface area contributed by atoms with Crippen molar-refractivity contribution in [1.82, 2.24) is 5.01 Å². The number of hydrazine groups is 1. The van der Waals surface area contributed by atoms with Gasteiger partial charge >= 0.3 is 13.2 Å². The van der Waals surface area contributed by atoms with Crippen LogP contribution < -0.4 is 21.9 Å². The number of cyclic esters (lactones) is 1. The van der Waals surface area contributed by atoms with Crippen LogP contribution in [-0.2, 0) is 14.0 Å². The number of hydrogen-bond acceptors (Lipinski definition) is 7. The van der Waals surface area contributed by atoms with Gasteiger partial charge in [0.1, 0.15) is 11.9 Å². The van der Waals surface area contributed by atoms with Crippen molar-refractivity contribution >= 4 is 24.4 Å². The summed E-state index contributed by atoms with van der Waals surface area (Å²) in [5.74, 6) is 5.21. The number of halogens is 1. The van der Waals surface area contributed by atoms with Crippen molar-refractivity contribution in [3.8, 4) is 0 Å². The molecule has 1 aromatic carbocycles. The van der Waals surface area contributed by atoms with Crippen LogP contribution in [0.4, 0.5) is 14.9 Å². The second-order valence-electron chi connectivity index (χ2n) is 7.95. The molecule has 0 aromatic heterocycles. The fourth-order valence-electron chi connectivity index (χ4n) is 3.08. The zero-order valence-electron chi connectivity index (χ0n) is 16.5. The predicted molar refractivity (Wildman–Crippen MR) is 104 cm³/mol. The van der Waals surface area contributed by atoms with Crippen molar-refractivity contribution in [2.75, 3.05) is 18.0 Å². The third-order valence-corrected chi connectivity index (χ3v) is 5.37. The number of ether oxygens (including phenoxy) is 1. The highest BCUT2D eigenvalue weighted by molar-refractivity contribution is 6.62. The van der Waals surface area contributed by atoms with Crippen LogP contribution in [0.2, 0.25) is 0 Å². The number of nitrogens with zero attached hydrogens (tertiary/aromatic N) is 2. The fourth-order valence-corrected chi connectivity index (χ4v) is 3.08. The van der Waals surface area contributed by atoms with E-state index in [1.807, 2.05) is 27.7 Å². The fraction of sp³-hybridized carbons (Fsp3) is 0.500. The molecule has 0 bridgehead atoms. The van der Waals surface area contributed by atoms with Gasteiger partial charge in [0.25, 0.3) is 0 Å². The number of benzene rings is 1. The van der Waals surface area contributed by atoms with Gasteiger partial charge in [0.05, 0.1) is 30.0 Å². The smallest absolute Gasteiger partial charge is 0.442 e. The monoisotopic (exact) mass is 392 g/mol. The van der Waals surface area contributed by atoms with Gasteiger partial charge in [-0.05, 0) is 39.8 Å². The lowest BCUT2D eigenvalue weighted by molar-refractivity contribution is 0.00578. The zero-order valence-corrected chi connectivity index (χ0v) is 16.5. The third-order valence-electron chi connectivity index (χ3n) is 5.37. The topological polar surface area (TPSA) is 103 Å². The SMILES string of the molecule is CC1(C)OB(c2ccc(N3CC(CN(N)/C=C\N)OC3=O)cc2F)OC1(C)C. The van der Waals surface area contributed by atoms with Gasteiger partial charge in [0.2, 0.25) is 0 Å². The molecule has 2 aliphatic heterocycles. The molecule has 10 heteroatoms. The lowest BCUT2D eigenvalue weighted by Crippen LogP contribution is -2.41. The molecule has 2 aliphatic rings. The molecule has 2 heterocycles. The Labute approximate surface area is 164 Å². The van der Waals surface area contributed by atoms with Crippen LogP contribution in [0.5, 0.6) is 0 Å². The van der Waals surface area contributed by atoms with Crippen molar-refractivity contribution < 1.29 is 23.2 Å². The summed E-state index contributed by atoms with van der Waals surface area (Å²) in [6, 6.07) is 4.50. The molecule has 152 valence electrons. The minimum Gasteiger partial charge on any atom is -0.442 e. The first-order valence-electron chi connectivity index (χ1n) is 9.07. The van der Waals surface area contributed by atoms with Gasteiger partial charge in [0, 0.05) is 17.9 Å². The van der Waals surface area contributed by atoms with E-state index in [2.05, 4.69) is 0 Å². The molecule has 0 saturated carbocycles. The number of amides is 1. The average Bonchev–Trinajstić information content (AvgIpc) is 3.03. The van der Waals surface area contributed by atoms with E-state index in [1.165, 1.54) is 28.4 Å². The van der Waals surface area contributed by atoms with Gasteiger partial charge in [0.15, 0.2) is 0 Å². The molecule has 0 aliphatic carbocycles. The zero-order chi connectivity index (χ0) is 20.7. The molecular weight excluding hydrogens is 366 g/mol. The molecule has 3 rings (SSSR count). The normalized spacial score (nSPS) is 23.5. The Kier molecular flexibility index (Phi) is 5.31. The highest BCUT2D eigenvalue weighted by Crippen LogP contribution is 2.36. The van der Waals surface area contributed by atoms with Gasteiger partial charge in [-0.2, -0.15) is 0 Å². The van der Waals surface area contributed by atoms with Gasteiger partial charge in [-0.1, -0.05) is 6.07 Å². The molecule has 1 unspecified atom stereocenters. The number of nitrogens with two attached hydrogens (primary N) is 2. The van der Waals surface area contributed by atoms with E-state index in [0.717, 1.165) is 0 Å². The molecule has 1 atom stereocenters. The Morgan fingerprint density at radius 1 is 1.32 bits per heavy atom. The van der Waals surface area contributed by atoms with Crippen LogP contribution in [0.15, 0.2) is 30.6 Å². The van der Waals surface area contributed by atoms with Crippen molar-refractivity contribution in [2.24, 2.45) is 11.6 Å². The highest BCUT2D eigenvalue weighted by atomic mass is 19.1. The summed E-state index contributed by atoms with van der Waals surface area (Å²) in [4.78, 5) is 13.5. The lowest BCUT2D eigenvalue weighted by Gasteiger charge is -2.32. The molecule has 0 radical (unpaired) electrons. The van der Waals surface area contributed by atoms with E-state index in [-0.39, 0.29) is 18.6 Å². The summed E-state index contributed by atoms with van der Waals surface area (Å²) < 4.78 is 31.9. The molecule has 1 aromatic rings. The quantitative estimate of drug-likeness (QED) is 0.439. The Bertz CT molecular complexity index is 773. The van der Waals surface area contributed by atoms with Crippen LogP contribution >= 0.6 is 0 Å². The largest absolute Gasteiger partial charge is 0.497 e. The lowest BCUT2D eigenvalue weighted by atomic mass is 9.78. The van der Waals surface area contributed by atoms with Gasteiger partial charge in [-0.25, -0.2) is 15.0 Å². The Morgan fingerprint density at radius 3 is 2.54 bits per heavy atom. The maximum absolute atomic E-state index is 14.8. The van der Waals surface area contributed by atoms with E-state index in [0.29, 0.717) is 5.69 Å². The van der Waals surface area contributed by atoms with Crippen molar-refractivity contribution in [1.29, 1.82) is 0 Å². The average molecular weight is 392 g/mol. The summed E-state index contributed by atoms with van der Waals surface area (Å²) in [6.45, 7) is 8.13. The second kappa shape index (κ2) is 7.27. The first-order chi connectivity index (χ1) is 13.0. The molecule has 28 heavy (non-hydrogen) atoms. The number of rotatable bonds is 5. The van der Waals surface area contributed by atoms with Gasteiger partial charge in [-0.15, -0.1) is 0 Å². The minimum absolute atomic E-state index is 0.250. The number of carbonyl (C=O) groups is 1. The minimum atomic E-state index is -0.814. The van der Waals surface area contributed by atoms with Crippen molar-refractivity contribution in [3.05, 3.63) is 36.4 Å². The predicted octanol–water partition coefficient (Wildman–Crippen LogP) is 1.06. The van der Waals surface area contributed by atoms with E-state index in [4.69, 9.17) is 25.6 Å². The first-order valence-corrected chi connectivity index (χ1v) is 9.07. The van der Waals surface area contributed by atoms with E-state index < -0.39 is 36.3 Å².